The summed E-state index contributed by atoms with van der Waals surface area (Å²) in [6, 6.07) is 0. The molecule has 2 rings (SSSR count). The number of hydrogen-bond donors (Lipinski definition) is 1. The fraction of sp³-hybridized carbons (Fsp3) is 0.714. The summed E-state index contributed by atoms with van der Waals surface area (Å²) in [5, 5.41) is 3.31. The van der Waals surface area contributed by atoms with Crippen molar-refractivity contribution in [1.29, 1.82) is 0 Å². The summed E-state index contributed by atoms with van der Waals surface area (Å²) in [6.07, 6.45) is 1.35. The van der Waals surface area contributed by atoms with Gasteiger partial charge in [0.05, 0.1) is 0 Å². The third kappa shape index (κ3) is 2.74. The van der Waals surface area contributed by atoms with E-state index >= 15 is 0 Å². The molecule has 1 aliphatic rings. The molecule has 18 heavy (non-hydrogen) atoms. The third-order valence-corrected chi connectivity index (χ3v) is 3.72. The molecule has 0 bridgehead atoms. The summed E-state index contributed by atoms with van der Waals surface area (Å²) in [5.41, 5.74) is 1.15. The topological polar surface area (TPSA) is 41.1 Å². The van der Waals surface area contributed by atoms with Crippen LogP contribution in [0.2, 0.25) is 0 Å². The number of nitrogens with zero attached hydrogens (tertiary/aromatic N) is 3. The maximum atomic E-state index is 4.60. The molecular weight excluding hydrogens is 224 g/mol. The summed E-state index contributed by atoms with van der Waals surface area (Å²) in [5.74, 6) is 4.59. The van der Waals surface area contributed by atoms with E-state index in [0.717, 1.165) is 47.9 Å². The van der Waals surface area contributed by atoms with Crippen LogP contribution in [0, 0.1) is 25.7 Å². The smallest absolute Gasteiger partial charge is 0.137 e. The van der Waals surface area contributed by atoms with E-state index in [1.54, 1.807) is 0 Å². The van der Waals surface area contributed by atoms with Gasteiger partial charge in [-0.3, -0.25) is 0 Å². The van der Waals surface area contributed by atoms with Gasteiger partial charge in [0.2, 0.25) is 0 Å². The van der Waals surface area contributed by atoms with Crippen LogP contribution in [0.3, 0.4) is 0 Å². The Bertz CT molecular complexity index is 430. The van der Waals surface area contributed by atoms with Crippen LogP contribution in [0.4, 0.5) is 11.6 Å². The molecule has 1 N–H and O–H groups in total. The summed E-state index contributed by atoms with van der Waals surface area (Å²) in [4.78, 5) is 11.3. The molecule has 1 fully saturated rings. The number of aromatic nitrogens is 2. The van der Waals surface area contributed by atoms with Crippen molar-refractivity contribution in [2.24, 2.45) is 11.8 Å². The highest BCUT2D eigenvalue weighted by molar-refractivity contribution is 5.58. The molecule has 1 heterocycles. The second-order valence-corrected chi connectivity index (χ2v) is 5.45. The van der Waals surface area contributed by atoms with E-state index in [-0.39, 0.29) is 0 Å². The lowest BCUT2D eigenvalue weighted by Gasteiger charge is -2.22. The van der Waals surface area contributed by atoms with Crippen molar-refractivity contribution in [2.45, 2.75) is 34.1 Å². The Balaban J connectivity index is 2.19. The van der Waals surface area contributed by atoms with Crippen LogP contribution >= 0.6 is 0 Å². The highest BCUT2D eigenvalue weighted by Gasteiger charge is 2.33. The van der Waals surface area contributed by atoms with Gasteiger partial charge in [-0.15, -0.1) is 0 Å². The Hall–Kier alpha value is -1.32. The van der Waals surface area contributed by atoms with E-state index in [9.17, 15) is 0 Å². The van der Waals surface area contributed by atoms with Gasteiger partial charge in [-0.1, -0.05) is 6.92 Å². The van der Waals surface area contributed by atoms with Crippen molar-refractivity contribution in [3.05, 3.63) is 11.4 Å². The van der Waals surface area contributed by atoms with Crippen molar-refractivity contribution in [3.8, 4) is 0 Å². The lowest BCUT2D eigenvalue weighted by molar-refractivity contribution is 0.715. The van der Waals surface area contributed by atoms with Crippen LogP contribution < -0.4 is 10.2 Å². The van der Waals surface area contributed by atoms with Crippen molar-refractivity contribution in [1.82, 2.24) is 9.97 Å². The zero-order valence-electron chi connectivity index (χ0n) is 12.1. The maximum Gasteiger partial charge on any atom is 0.137 e. The largest absolute Gasteiger partial charge is 0.370 e. The van der Waals surface area contributed by atoms with Gasteiger partial charge in [0.15, 0.2) is 0 Å². The first-order chi connectivity index (χ1) is 8.52. The minimum atomic E-state index is 0.835. The molecule has 0 aromatic carbocycles. The van der Waals surface area contributed by atoms with Gasteiger partial charge in [-0.05, 0) is 39.0 Å². The molecule has 4 heteroatoms. The van der Waals surface area contributed by atoms with Gasteiger partial charge in [-0.25, -0.2) is 9.97 Å². The summed E-state index contributed by atoms with van der Waals surface area (Å²) < 4.78 is 0. The zero-order valence-corrected chi connectivity index (χ0v) is 12.1. The first-order valence-electron chi connectivity index (χ1n) is 6.83. The lowest BCUT2D eigenvalue weighted by Crippen LogP contribution is -2.24. The van der Waals surface area contributed by atoms with E-state index < -0.39 is 0 Å². The molecular formula is C14H24N4. The fourth-order valence-electron chi connectivity index (χ4n) is 2.42. The Labute approximate surface area is 110 Å². The number of nitrogens with one attached hydrogen (secondary N) is 1. The minimum absolute atomic E-state index is 0.835. The monoisotopic (exact) mass is 248 g/mol. The van der Waals surface area contributed by atoms with Crippen LogP contribution in [0.1, 0.15) is 31.7 Å². The van der Waals surface area contributed by atoms with E-state index in [2.05, 4.69) is 48.0 Å². The molecule has 1 aromatic heterocycles. The molecule has 0 aliphatic heterocycles. The Kier molecular flexibility index (Phi) is 3.73. The van der Waals surface area contributed by atoms with Gasteiger partial charge in [0, 0.05) is 25.7 Å². The van der Waals surface area contributed by atoms with Crippen LogP contribution in [0.5, 0.6) is 0 Å². The Morgan fingerprint density at radius 3 is 2.56 bits per heavy atom. The molecule has 0 spiro atoms. The van der Waals surface area contributed by atoms with E-state index in [1.807, 2.05) is 6.92 Å². The number of anilines is 2. The normalized spacial score (nSPS) is 21.8. The quantitative estimate of drug-likeness (QED) is 0.869. The van der Waals surface area contributed by atoms with Gasteiger partial charge in [-0.2, -0.15) is 0 Å². The predicted molar refractivity (Wildman–Crippen MR) is 76.2 cm³/mol. The molecule has 0 radical (unpaired) electrons. The standard InChI is InChI=1S/C14H24N4/c1-6-15-13-10(3)14(17-11(4)16-13)18(5)8-12-7-9(12)2/h9,12H,6-8H2,1-5H3,(H,15,16,17). The molecule has 1 saturated carbocycles. The summed E-state index contributed by atoms with van der Waals surface area (Å²) in [6.45, 7) is 10.5. The SMILES string of the molecule is CCNc1nc(C)nc(N(C)CC2CC2C)c1C. The van der Waals surface area contributed by atoms with Gasteiger partial charge < -0.3 is 10.2 Å². The van der Waals surface area contributed by atoms with Crippen LogP contribution in [-0.2, 0) is 0 Å². The number of hydrogen-bond acceptors (Lipinski definition) is 4. The molecule has 1 aliphatic carbocycles. The summed E-state index contributed by atoms with van der Waals surface area (Å²) in [7, 11) is 2.13. The van der Waals surface area contributed by atoms with E-state index in [0.29, 0.717) is 0 Å². The van der Waals surface area contributed by atoms with Crippen molar-refractivity contribution in [2.75, 3.05) is 30.4 Å². The fourth-order valence-corrected chi connectivity index (χ4v) is 2.42. The Morgan fingerprint density at radius 1 is 1.33 bits per heavy atom. The van der Waals surface area contributed by atoms with Gasteiger partial charge in [0.25, 0.3) is 0 Å². The van der Waals surface area contributed by atoms with Crippen molar-refractivity contribution >= 4 is 11.6 Å². The zero-order chi connectivity index (χ0) is 13.3. The van der Waals surface area contributed by atoms with E-state index in [4.69, 9.17) is 0 Å². The van der Waals surface area contributed by atoms with Crippen LogP contribution in [0.15, 0.2) is 0 Å². The molecule has 100 valence electrons. The number of aryl methyl sites for hydroxylation is 1. The average Bonchev–Trinajstić information content (AvgIpc) is 2.99. The highest BCUT2D eigenvalue weighted by atomic mass is 15.2. The number of rotatable bonds is 5. The predicted octanol–water partition coefficient (Wildman–Crippen LogP) is 2.62. The van der Waals surface area contributed by atoms with E-state index in [1.165, 1.54) is 6.42 Å². The first-order valence-corrected chi connectivity index (χ1v) is 6.83. The molecule has 4 nitrogen and oxygen atoms in total. The average molecular weight is 248 g/mol. The van der Waals surface area contributed by atoms with Crippen LogP contribution in [-0.4, -0.2) is 30.1 Å². The second-order valence-electron chi connectivity index (χ2n) is 5.45. The van der Waals surface area contributed by atoms with Gasteiger partial charge >= 0.3 is 0 Å². The highest BCUT2D eigenvalue weighted by Crippen LogP contribution is 2.39. The molecule has 0 amide bonds. The van der Waals surface area contributed by atoms with Crippen molar-refractivity contribution in [3.63, 3.8) is 0 Å². The molecule has 2 atom stereocenters. The molecule has 2 unspecified atom stereocenters. The summed E-state index contributed by atoms with van der Waals surface area (Å²) >= 11 is 0. The van der Waals surface area contributed by atoms with Crippen LogP contribution in [0.25, 0.3) is 0 Å². The van der Waals surface area contributed by atoms with Gasteiger partial charge in [0.1, 0.15) is 17.5 Å². The van der Waals surface area contributed by atoms with Crippen molar-refractivity contribution < 1.29 is 0 Å². The maximum absolute atomic E-state index is 4.60. The molecule has 1 aromatic rings. The lowest BCUT2D eigenvalue weighted by atomic mass is 10.2. The minimum Gasteiger partial charge on any atom is -0.370 e. The third-order valence-electron chi connectivity index (χ3n) is 3.72. The molecule has 0 saturated heterocycles. The first kappa shape index (κ1) is 13.1. The second kappa shape index (κ2) is 5.12. The Morgan fingerprint density at radius 2 is 2.00 bits per heavy atom.